The number of nitrogens with one attached hydrogen (secondary N) is 1. The van der Waals surface area contributed by atoms with Crippen LogP contribution in [0.25, 0.3) is 0 Å². The molecule has 1 N–H and O–H groups in total. The lowest BCUT2D eigenvalue weighted by Gasteiger charge is -2.21. The van der Waals surface area contributed by atoms with Crippen molar-refractivity contribution in [1.29, 1.82) is 0 Å². The summed E-state index contributed by atoms with van der Waals surface area (Å²) in [4.78, 5) is 0. The van der Waals surface area contributed by atoms with Gasteiger partial charge in [0.15, 0.2) is 0 Å². The molecule has 114 valence electrons. The van der Waals surface area contributed by atoms with E-state index in [4.69, 9.17) is 21.1 Å². The summed E-state index contributed by atoms with van der Waals surface area (Å²) in [7, 11) is 3.48. The van der Waals surface area contributed by atoms with Gasteiger partial charge in [-0.05, 0) is 43.9 Å². The van der Waals surface area contributed by atoms with Crippen LogP contribution in [-0.2, 0) is 15.9 Å². The molecule has 0 heterocycles. The van der Waals surface area contributed by atoms with E-state index in [9.17, 15) is 0 Å². The van der Waals surface area contributed by atoms with Crippen LogP contribution >= 0.6 is 11.6 Å². The Kier molecular flexibility index (Phi) is 8.86. The highest BCUT2D eigenvalue weighted by atomic mass is 35.5. The predicted octanol–water partition coefficient (Wildman–Crippen LogP) is 3.16. The monoisotopic (exact) mass is 299 g/mol. The summed E-state index contributed by atoms with van der Waals surface area (Å²) >= 11 is 6.25. The second-order valence-electron chi connectivity index (χ2n) is 5.14. The van der Waals surface area contributed by atoms with E-state index < -0.39 is 0 Å². The van der Waals surface area contributed by atoms with E-state index in [0.717, 1.165) is 37.6 Å². The zero-order valence-corrected chi connectivity index (χ0v) is 13.5. The summed E-state index contributed by atoms with van der Waals surface area (Å²) in [5.41, 5.74) is 1.20. The maximum atomic E-state index is 6.25. The smallest absolute Gasteiger partial charge is 0.0587 e. The number of benzene rings is 1. The van der Waals surface area contributed by atoms with Crippen LogP contribution in [0.1, 0.15) is 18.9 Å². The van der Waals surface area contributed by atoms with Crippen LogP contribution in [0.15, 0.2) is 24.3 Å². The highest BCUT2D eigenvalue weighted by Gasteiger charge is 2.15. The fraction of sp³-hybridized carbons (Fsp3) is 0.625. The molecule has 0 aliphatic carbocycles. The normalized spacial score (nSPS) is 14.2. The highest BCUT2D eigenvalue weighted by Crippen LogP contribution is 2.21. The van der Waals surface area contributed by atoms with Gasteiger partial charge >= 0.3 is 0 Å². The first-order chi connectivity index (χ1) is 9.67. The lowest BCUT2D eigenvalue weighted by atomic mass is 9.94. The van der Waals surface area contributed by atoms with Crippen molar-refractivity contribution in [3.05, 3.63) is 34.9 Å². The van der Waals surface area contributed by atoms with Crippen molar-refractivity contribution < 1.29 is 9.47 Å². The minimum atomic E-state index is 0.256. The minimum absolute atomic E-state index is 0.256. The SMILES string of the molecule is COCCNCC(Cc1ccccc1Cl)CC(C)OC. The maximum absolute atomic E-state index is 6.25. The van der Waals surface area contributed by atoms with Crippen molar-refractivity contribution in [3.63, 3.8) is 0 Å². The van der Waals surface area contributed by atoms with Crippen LogP contribution in [0.4, 0.5) is 0 Å². The standard InChI is InChI=1S/C16H26ClNO2/c1-13(20-3)10-14(12-18-8-9-19-2)11-15-6-4-5-7-16(15)17/h4-7,13-14,18H,8-12H2,1-3H3. The van der Waals surface area contributed by atoms with Crippen LogP contribution in [0.3, 0.4) is 0 Å². The summed E-state index contributed by atoms with van der Waals surface area (Å²) in [6, 6.07) is 8.06. The van der Waals surface area contributed by atoms with Gasteiger partial charge in [0, 0.05) is 25.8 Å². The molecule has 0 radical (unpaired) electrons. The van der Waals surface area contributed by atoms with E-state index in [1.54, 1.807) is 14.2 Å². The molecule has 3 nitrogen and oxygen atoms in total. The largest absolute Gasteiger partial charge is 0.383 e. The second-order valence-corrected chi connectivity index (χ2v) is 5.55. The summed E-state index contributed by atoms with van der Waals surface area (Å²) in [6.45, 7) is 4.66. The van der Waals surface area contributed by atoms with Gasteiger partial charge in [0.05, 0.1) is 12.7 Å². The molecule has 0 amide bonds. The first kappa shape index (κ1) is 17.4. The van der Waals surface area contributed by atoms with Gasteiger partial charge in [-0.2, -0.15) is 0 Å². The van der Waals surface area contributed by atoms with Gasteiger partial charge in [-0.1, -0.05) is 29.8 Å². The molecular weight excluding hydrogens is 274 g/mol. The summed E-state index contributed by atoms with van der Waals surface area (Å²) < 4.78 is 10.4. The van der Waals surface area contributed by atoms with E-state index in [2.05, 4.69) is 18.3 Å². The molecule has 2 atom stereocenters. The Morgan fingerprint density at radius 2 is 2.00 bits per heavy atom. The molecule has 20 heavy (non-hydrogen) atoms. The highest BCUT2D eigenvalue weighted by molar-refractivity contribution is 6.31. The molecule has 0 aliphatic rings. The van der Waals surface area contributed by atoms with E-state index in [1.807, 2.05) is 18.2 Å². The number of hydrogen-bond donors (Lipinski definition) is 1. The third-order valence-corrected chi connectivity index (χ3v) is 3.82. The number of hydrogen-bond acceptors (Lipinski definition) is 3. The fourth-order valence-electron chi connectivity index (χ4n) is 2.26. The molecule has 1 aromatic rings. The molecular formula is C16H26ClNO2. The average Bonchev–Trinajstić information content (AvgIpc) is 2.45. The Bertz CT molecular complexity index is 373. The number of halogens is 1. The van der Waals surface area contributed by atoms with Crippen molar-refractivity contribution in [1.82, 2.24) is 5.32 Å². The van der Waals surface area contributed by atoms with E-state index in [1.165, 1.54) is 5.56 Å². The van der Waals surface area contributed by atoms with Gasteiger partial charge in [0.25, 0.3) is 0 Å². The summed E-state index contributed by atoms with van der Waals surface area (Å²) in [6.07, 6.45) is 2.24. The summed E-state index contributed by atoms with van der Waals surface area (Å²) in [5, 5.41) is 4.28. The van der Waals surface area contributed by atoms with E-state index in [0.29, 0.717) is 5.92 Å². The van der Waals surface area contributed by atoms with Crippen molar-refractivity contribution in [2.24, 2.45) is 5.92 Å². The van der Waals surface area contributed by atoms with Crippen LogP contribution in [-0.4, -0.2) is 40.0 Å². The predicted molar refractivity (Wildman–Crippen MR) is 84.5 cm³/mol. The third kappa shape index (κ3) is 6.71. The molecule has 1 aromatic carbocycles. The van der Waals surface area contributed by atoms with Crippen molar-refractivity contribution in [3.8, 4) is 0 Å². The van der Waals surface area contributed by atoms with Crippen LogP contribution in [0.2, 0.25) is 5.02 Å². The molecule has 0 fully saturated rings. The minimum Gasteiger partial charge on any atom is -0.383 e. The number of rotatable bonds is 10. The first-order valence-electron chi connectivity index (χ1n) is 7.13. The molecule has 0 spiro atoms. The first-order valence-corrected chi connectivity index (χ1v) is 7.51. The van der Waals surface area contributed by atoms with Gasteiger partial charge < -0.3 is 14.8 Å². The molecule has 0 saturated carbocycles. The summed E-state index contributed by atoms with van der Waals surface area (Å²) in [5.74, 6) is 0.502. The molecule has 0 aliphatic heterocycles. The van der Waals surface area contributed by atoms with Crippen LogP contribution < -0.4 is 5.32 Å². The Morgan fingerprint density at radius 1 is 1.25 bits per heavy atom. The molecule has 2 unspecified atom stereocenters. The van der Waals surface area contributed by atoms with Crippen molar-refractivity contribution in [2.45, 2.75) is 25.9 Å². The average molecular weight is 300 g/mol. The van der Waals surface area contributed by atoms with Crippen LogP contribution in [0, 0.1) is 5.92 Å². The molecule has 0 aromatic heterocycles. The zero-order valence-electron chi connectivity index (χ0n) is 12.7. The van der Waals surface area contributed by atoms with Gasteiger partial charge in [-0.15, -0.1) is 0 Å². The Balaban J connectivity index is 2.55. The van der Waals surface area contributed by atoms with Crippen molar-refractivity contribution >= 4 is 11.6 Å². The molecule has 1 rings (SSSR count). The Labute approximate surface area is 127 Å². The molecule has 0 bridgehead atoms. The second kappa shape index (κ2) is 10.2. The molecule has 0 saturated heterocycles. The van der Waals surface area contributed by atoms with Crippen LogP contribution in [0.5, 0.6) is 0 Å². The zero-order chi connectivity index (χ0) is 14.8. The lowest BCUT2D eigenvalue weighted by molar-refractivity contribution is 0.0941. The van der Waals surface area contributed by atoms with Gasteiger partial charge in [0.2, 0.25) is 0 Å². The Hall–Kier alpha value is -0.610. The number of methoxy groups -OCH3 is 2. The maximum Gasteiger partial charge on any atom is 0.0587 e. The third-order valence-electron chi connectivity index (χ3n) is 3.45. The van der Waals surface area contributed by atoms with Gasteiger partial charge in [-0.25, -0.2) is 0 Å². The molecule has 4 heteroatoms. The quantitative estimate of drug-likeness (QED) is 0.673. The topological polar surface area (TPSA) is 30.5 Å². The van der Waals surface area contributed by atoms with E-state index >= 15 is 0 Å². The van der Waals surface area contributed by atoms with E-state index in [-0.39, 0.29) is 6.10 Å². The Morgan fingerprint density at radius 3 is 2.65 bits per heavy atom. The van der Waals surface area contributed by atoms with Gasteiger partial charge in [-0.3, -0.25) is 0 Å². The lowest BCUT2D eigenvalue weighted by Crippen LogP contribution is -2.29. The fourth-order valence-corrected chi connectivity index (χ4v) is 2.47. The van der Waals surface area contributed by atoms with Crippen molar-refractivity contribution in [2.75, 3.05) is 33.9 Å². The van der Waals surface area contributed by atoms with Gasteiger partial charge in [0.1, 0.15) is 0 Å². The number of ether oxygens (including phenoxy) is 2.